The van der Waals surface area contributed by atoms with Gasteiger partial charge in [-0.1, -0.05) is 31.9 Å². The second kappa shape index (κ2) is 5.93. The highest BCUT2D eigenvalue weighted by atomic mass is 16.2. The number of nitrogens with one attached hydrogen (secondary N) is 2. The van der Waals surface area contributed by atoms with Crippen LogP contribution in [0.3, 0.4) is 0 Å². The average molecular weight is 251 g/mol. The molecule has 2 N–H and O–H groups in total. The summed E-state index contributed by atoms with van der Waals surface area (Å²) in [6, 6.07) is -0.128. The molecule has 0 bridgehead atoms. The average Bonchev–Trinajstić information content (AvgIpc) is 3.01. The number of hydrogen-bond donors (Lipinski definition) is 2. The minimum Gasteiger partial charge on any atom is -0.346 e. The van der Waals surface area contributed by atoms with Gasteiger partial charge in [0.2, 0.25) is 5.91 Å². The lowest BCUT2D eigenvalue weighted by Gasteiger charge is -2.19. The van der Waals surface area contributed by atoms with Crippen molar-refractivity contribution >= 4 is 5.91 Å². The smallest absolute Gasteiger partial charge is 0.223 e. The molecule has 1 aromatic heterocycles. The van der Waals surface area contributed by atoms with Crippen molar-refractivity contribution in [3.63, 3.8) is 0 Å². The molecular formula is C12H21N5O. The first-order valence-corrected chi connectivity index (χ1v) is 6.70. The molecule has 0 radical (unpaired) electrons. The maximum Gasteiger partial charge on any atom is 0.223 e. The number of hydrogen-bond acceptors (Lipinski definition) is 4. The Labute approximate surface area is 107 Å². The lowest BCUT2D eigenvalue weighted by Crippen LogP contribution is -2.34. The van der Waals surface area contributed by atoms with Gasteiger partial charge in [-0.2, -0.15) is 5.21 Å². The lowest BCUT2D eigenvalue weighted by molar-refractivity contribution is -0.125. The number of aromatic nitrogens is 4. The Morgan fingerprint density at radius 3 is 2.72 bits per heavy atom. The Kier molecular flexibility index (Phi) is 4.28. The molecule has 1 heterocycles. The predicted molar refractivity (Wildman–Crippen MR) is 66.5 cm³/mol. The van der Waals surface area contributed by atoms with Crippen molar-refractivity contribution in [1.29, 1.82) is 0 Å². The van der Waals surface area contributed by atoms with E-state index in [1.165, 1.54) is 0 Å². The van der Waals surface area contributed by atoms with Gasteiger partial charge >= 0.3 is 0 Å². The number of carbonyl (C=O) groups excluding carboxylic acids is 1. The van der Waals surface area contributed by atoms with Crippen LogP contribution in [-0.2, 0) is 4.79 Å². The Morgan fingerprint density at radius 2 is 2.17 bits per heavy atom. The van der Waals surface area contributed by atoms with Crippen LogP contribution < -0.4 is 5.32 Å². The van der Waals surface area contributed by atoms with Gasteiger partial charge in [-0.05, 0) is 25.2 Å². The summed E-state index contributed by atoms with van der Waals surface area (Å²) in [5, 5.41) is 17.1. The third kappa shape index (κ3) is 3.27. The van der Waals surface area contributed by atoms with Gasteiger partial charge in [0.15, 0.2) is 5.82 Å². The molecule has 1 aromatic rings. The van der Waals surface area contributed by atoms with Crippen LogP contribution in [0.4, 0.5) is 0 Å². The topological polar surface area (TPSA) is 83.6 Å². The van der Waals surface area contributed by atoms with Crippen LogP contribution in [0.25, 0.3) is 0 Å². The maximum absolute atomic E-state index is 12.1. The number of H-pyrrole nitrogens is 1. The first-order valence-electron chi connectivity index (χ1n) is 6.70. The minimum atomic E-state index is -0.128. The summed E-state index contributed by atoms with van der Waals surface area (Å²) in [5.41, 5.74) is 0. The van der Waals surface area contributed by atoms with Gasteiger partial charge in [0.05, 0.1) is 6.04 Å². The highest BCUT2D eigenvalue weighted by Gasteiger charge is 2.27. The molecule has 0 aliphatic heterocycles. The summed E-state index contributed by atoms with van der Waals surface area (Å²) < 4.78 is 0. The van der Waals surface area contributed by atoms with Crippen molar-refractivity contribution in [2.24, 2.45) is 11.8 Å². The maximum atomic E-state index is 12.1. The van der Waals surface area contributed by atoms with E-state index in [0.29, 0.717) is 11.7 Å². The fourth-order valence-corrected chi connectivity index (χ4v) is 2.50. The van der Waals surface area contributed by atoms with Crippen LogP contribution >= 0.6 is 0 Å². The van der Waals surface area contributed by atoms with Crippen molar-refractivity contribution in [3.8, 4) is 0 Å². The van der Waals surface area contributed by atoms with Gasteiger partial charge in [0.25, 0.3) is 0 Å². The predicted octanol–water partition coefficient (Wildman–Crippen LogP) is 1.59. The first kappa shape index (κ1) is 13.0. The third-order valence-corrected chi connectivity index (χ3v) is 3.42. The highest BCUT2D eigenvalue weighted by Crippen LogP contribution is 2.26. The number of carbonyl (C=O) groups is 1. The summed E-state index contributed by atoms with van der Waals surface area (Å²) >= 11 is 0. The van der Waals surface area contributed by atoms with E-state index in [2.05, 4.69) is 39.8 Å². The molecule has 6 nitrogen and oxygen atoms in total. The second-order valence-electron chi connectivity index (χ2n) is 5.44. The van der Waals surface area contributed by atoms with Gasteiger partial charge in [-0.15, -0.1) is 10.2 Å². The Hall–Kier alpha value is -1.46. The molecule has 2 rings (SSSR count). The van der Waals surface area contributed by atoms with E-state index in [1.807, 2.05) is 0 Å². The molecule has 1 amide bonds. The fourth-order valence-electron chi connectivity index (χ4n) is 2.50. The van der Waals surface area contributed by atoms with Crippen molar-refractivity contribution in [1.82, 2.24) is 25.9 Å². The molecule has 1 aliphatic carbocycles. The van der Waals surface area contributed by atoms with Crippen LogP contribution in [0.5, 0.6) is 0 Å². The van der Waals surface area contributed by atoms with E-state index in [-0.39, 0.29) is 17.9 Å². The summed E-state index contributed by atoms with van der Waals surface area (Å²) in [7, 11) is 0. The molecule has 0 spiro atoms. The number of aromatic amines is 1. The number of amides is 1. The van der Waals surface area contributed by atoms with E-state index in [0.717, 1.165) is 32.1 Å². The molecule has 0 saturated heterocycles. The van der Waals surface area contributed by atoms with E-state index in [9.17, 15) is 4.79 Å². The fraction of sp³-hybridized carbons (Fsp3) is 0.833. The second-order valence-corrected chi connectivity index (χ2v) is 5.44. The van der Waals surface area contributed by atoms with Crippen LogP contribution in [0.2, 0.25) is 0 Å². The quantitative estimate of drug-likeness (QED) is 0.832. The molecule has 1 unspecified atom stereocenters. The highest BCUT2D eigenvalue weighted by molar-refractivity contribution is 5.79. The van der Waals surface area contributed by atoms with E-state index >= 15 is 0 Å². The molecule has 1 fully saturated rings. The monoisotopic (exact) mass is 251 g/mol. The largest absolute Gasteiger partial charge is 0.346 e. The van der Waals surface area contributed by atoms with Gasteiger partial charge in [0, 0.05) is 5.92 Å². The number of tetrazole rings is 1. The Balaban J connectivity index is 1.98. The molecule has 0 aromatic carbocycles. The molecule has 1 atom stereocenters. The Morgan fingerprint density at radius 1 is 1.44 bits per heavy atom. The Bertz CT molecular complexity index is 370. The van der Waals surface area contributed by atoms with E-state index in [1.54, 1.807) is 0 Å². The van der Waals surface area contributed by atoms with E-state index in [4.69, 9.17) is 0 Å². The minimum absolute atomic E-state index is 0.128. The van der Waals surface area contributed by atoms with Gasteiger partial charge in [0.1, 0.15) is 0 Å². The molecule has 100 valence electrons. The van der Waals surface area contributed by atoms with Crippen LogP contribution in [0.1, 0.15) is 57.8 Å². The summed E-state index contributed by atoms with van der Waals surface area (Å²) in [6.07, 6.45) is 5.17. The standard InChI is InChI=1S/C12H21N5O/c1-8(2)7-10(11-14-16-17-15-11)13-12(18)9-5-3-4-6-9/h8-10H,3-7H2,1-2H3,(H,13,18)(H,14,15,16,17). The van der Waals surface area contributed by atoms with Crippen molar-refractivity contribution in [2.75, 3.05) is 0 Å². The number of rotatable bonds is 5. The summed E-state index contributed by atoms with van der Waals surface area (Å²) in [6.45, 7) is 4.24. The van der Waals surface area contributed by atoms with Gasteiger partial charge in [-0.25, -0.2) is 0 Å². The lowest BCUT2D eigenvalue weighted by atomic mass is 10.0. The zero-order valence-corrected chi connectivity index (χ0v) is 11.0. The normalized spacial score (nSPS) is 18.2. The van der Waals surface area contributed by atoms with Crippen molar-refractivity contribution in [2.45, 2.75) is 52.0 Å². The van der Waals surface area contributed by atoms with Crippen LogP contribution in [-0.4, -0.2) is 26.5 Å². The summed E-state index contributed by atoms with van der Waals surface area (Å²) in [5.74, 6) is 1.36. The molecule has 18 heavy (non-hydrogen) atoms. The third-order valence-electron chi connectivity index (χ3n) is 3.42. The van der Waals surface area contributed by atoms with Gasteiger partial charge < -0.3 is 5.32 Å². The SMILES string of the molecule is CC(C)CC(NC(=O)C1CCCC1)c1nn[nH]n1. The zero-order valence-electron chi connectivity index (χ0n) is 11.0. The van der Waals surface area contributed by atoms with Crippen molar-refractivity contribution in [3.05, 3.63) is 5.82 Å². The molecule has 6 heteroatoms. The molecular weight excluding hydrogens is 230 g/mol. The summed E-state index contributed by atoms with van der Waals surface area (Å²) in [4.78, 5) is 12.1. The van der Waals surface area contributed by atoms with E-state index < -0.39 is 0 Å². The first-order chi connectivity index (χ1) is 8.66. The molecule has 1 aliphatic rings. The van der Waals surface area contributed by atoms with Crippen LogP contribution in [0, 0.1) is 11.8 Å². The zero-order chi connectivity index (χ0) is 13.0. The van der Waals surface area contributed by atoms with Gasteiger partial charge in [-0.3, -0.25) is 4.79 Å². The van der Waals surface area contributed by atoms with Crippen LogP contribution in [0.15, 0.2) is 0 Å². The molecule has 1 saturated carbocycles. The number of nitrogens with zero attached hydrogens (tertiary/aromatic N) is 3. The van der Waals surface area contributed by atoms with Crippen molar-refractivity contribution < 1.29 is 4.79 Å².